The summed E-state index contributed by atoms with van der Waals surface area (Å²) in [6, 6.07) is 5.47. The van der Waals surface area contributed by atoms with Crippen molar-refractivity contribution in [2.75, 3.05) is 12.0 Å². The number of nitrogen functional groups attached to an aromatic ring is 1. The SMILES string of the molecule is Cc1c(OCCc2c(F)cccc2F)ccnc1NN. The number of hydrazine groups is 1. The van der Waals surface area contributed by atoms with Gasteiger partial charge in [0.25, 0.3) is 0 Å². The highest BCUT2D eigenvalue weighted by Gasteiger charge is 2.09. The van der Waals surface area contributed by atoms with Gasteiger partial charge < -0.3 is 10.2 Å². The molecule has 0 fully saturated rings. The Morgan fingerprint density at radius 1 is 1.25 bits per heavy atom. The predicted octanol–water partition coefficient (Wildman–Crippen LogP) is 2.58. The van der Waals surface area contributed by atoms with Crippen LogP contribution in [0, 0.1) is 18.6 Å². The highest BCUT2D eigenvalue weighted by atomic mass is 19.1. The molecular weight excluding hydrogens is 264 g/mol. The maximum Gasteiger partial charge on any atom is 0.146 e. The second kappa shape index (κ2) is 6.29. The van der Waals surface area contributed by atoms with E-state index in [0.717, 1.165) is 5.56 Å². The van der Waals surface area contributed by atoms with E-state index in [1.54, 1.807) is 19.2 Å². The molecule has 0 bridgehead atoms. The molecule has 0 aliphatic rings. The summed E-state index contributed by atoms with van der Waals surface area (Å²) in [5.41, 5.74) is 3.22. The van der Waals surface area contributed by atoms with Gasteiger partial charge in [-0.2, -0.15) is 0 Å². The van der Waals surface area contributed by atoms with E-state index in [4.69, 9.17) is 10.6 Å². The van der Waals surface area contributed by atoms with Crippen molar-refractivity contribution in [1.29, 1.82) is 0 Å². The van der Waals surface area contributed by atoms with E-state index < -0.39 is 11.6 Å². The summed E-state index contributed by atoms with van der Waals surface area (Å²) >= 11 is 0. The Bertz CT molecular complexity index is 585. The fourth-order valence-corrected chi connectivity index (χ4v) is 1.85. The standard InChI is InChI=1S/C14H15F2N3O/c1-9-13(5-7-18-14(9)19-17)20-8-6-10-11(15)3-2-4-12(10)16/h2-5,7H,6,8,17H2,1H3,(H,18,19). The molecule has 0 aliphatic carbocycles. The van der Waals surface area contributed by atoms with Gasteiger partial charge >= 0.3 is 0 Å². The average molecular weight is 279 g/mol. The Balaban J connectivity index is 2.03. The summed E-state index contributed by atoms with van der Waals surface area (Å²) in [5, 5.41) is 0. The van der Waals surface area contributed by atoms with Gasteiger partial charge in [0.2, 0.25) is 0 Å². The summed E-state index contributed by atoms with van der Waals surface area (Å²) in [6.45, 7) is 1.95. The number of rotatable bonds is 5. The minimum absolute atomic E-state index is 0.0244. The van der Waals surface area contributed by atoms with E-state index in [9.17, 15) is 8.78 Å². The fourth-order valence-electron chi connectivity index (χ4n) is 1.85. The molecule has 1 aromatic heterocycles. The lowest BCUT2D eigenvalue weighted by atomic mass is 10.1. The Morgan fingerprint density at radius 2 is 1.95 bits per heavy atom. The molecule has 6 heteroatoms. The minimum atomic E-state index is -0.565. The third-order valence-electron chi connectivity index (χ3n) is 2.96. The van der Waals surface area contributed by atoms with Crippen LogP contribution in [0.3, 0.4) is 0 Å². The second-order valence-corrected chi connectivity index (χ2v) is 4.23. The topological polar surface area (TPSA) is 60.2 Å². The van der Waals surface area contributed by atoms with Crippen molar-refractivity contribution in [2.24, 2.45) is 5.84 Å². The Hall–Kier alpha value is -2.21. The Morgan fingerprint density at radius 3 is 2.60 bits per heavy atom. The second-order valence-electron chi connectivity index (χ2n) is 4.23. The molecule has 2 rings (SSSR count). The first-order valence-electron chi connectivity index (χ1n) is 6.11. The van der Waals surface area contributed by atoms with Gasteiger partial charge in [0.05, 0.1) is 6.61 Å². The molecule has 0 aliphatic heterocycles. The molecule has 106 valence electrons. The lowest BCUT2D eigenvalue weighted by molar-refractivity contribution is 0.315. The highest BCUT2D eigenvalue weighted by Crippen LogP contribution is 2.22. The number of pyridine rings is 1. The number of aromatic nitrogens is 1. The summed E-state index contributed by atoms with van der Waals surface area (Å²) in [5.74, 6) is 5.25. The zero-order chi connectivity index (χ0) is 14.5. The van der Waals surface area contributed by atoms with Crippen LogP contribution in [0.1, 0.15) is 11.1 Å². The molecule has 1 heterocycles. The number of ether oxygens (including phenoxy) is 1. The summed E-state index contributed by atoms with van der Waals surface area (Å²) in [4.78, 5) is 4.02. The van der Waals surface area contributed by atoms with Crippen molar-refractivity contribution in [2.45, 2.75) is 13.3 Å². The van der Waals surface area contributed by atoms with Crippen LogP contribution in [0.4, 0.5) is 14.6 Å². The van der Waals surface area contributed by atoms with Crippen molar-refractivity contribution in [3.05, 3.63) is 53.2 Å². The van der Waals surface area contributed by atoms with Crippen LogP contribution in [-0.2, 0) is 6.42 Å². The van der Waals surface area contributed by atoms with Gasteiger partial charge in [-0.25, -0.2) is 19.6 Å². The van der Waals surface area contributed by atoms with E-state index in [1.165, 1.54) is 18.2 Å². The van der Waals surface area contributed by atoms with Crippen LogP contribution in [0.5, 0.6) is 5.75 Å². The first-order chi connectivity index (χ1) is 9.63. The predicted molar refractivity (Wildman–Crippen MR) is 72.3 cm³/mol. The molecule has 20 heavy (non-hydrogen) atoms. The smallest absolute Gasteiger partial charge is 0.146 e. The highest BCUT2D eigenvalue weighted by molar-refractivity contribution is 5.49. The first-order valence-corrected chi connectivity index (χ1v) is 6.11. The molecule has 0 amide bonds. The van der Waals surface area contributed by atoms with Crippen molar-refractivity contribution < 1.29 is 13.5 Å². The molecular formula is C14H15F2N3O. The largest absolute Gasteiger partial charge is 0.493 e. The van der Waals surface area contributed by atoms with Crippen molar-refractivity contribution in [3.8, 4) is 5.75 Å². The van der Waals surface area contributed by atoms with Gasteiger partial charge in [0.15, 0.2) is 0 Å². The number of halogens is 2. The van der Waals surface area contributed by atoms with Crippen LogP contribution in [0.25, 0.3) is 0 Å². The van der Waals surface area contributed by atoms with Crippen LogP contribution in [-0.4, -0.2) is 11.6 Å². The lowest BCUT2D eigenvalue weighted by Gasteiger charge is -2.12. The minimum Gasteiger partial charge on any atom is -0.493 e. The molecule has 0 saturated carbocycles. The van der Waals surface area contributed by atoms with Gasteiger partial charge in [0.1, 0.15) is 23.2 Å². The van der Waals surface area contributed by atoms with E-state index in [-0.39, 0.29) is 18.6 Å². The van der Waals surface area contributed by atoms with Crippen LogP contribution < -0.4 is 16.0 Å². The van der Waals surface area contributed by atoms with Gasteiger partial charge in [-0.15, -0.1) is 0 Å². The number of nitrogens with one attached hydrogen (secondary N) is 1. The van der Waals surface area contributed by atoms with E-state index in [1.807, 2.05) is 0 Å². The van der Waals surface area contributed by atoms with Gasteiger partial charge in [-0.3, -0.25) is 0 Å². The third kappa shape index (κ3) is 3.03. The summed E-state index contributed by atoms with van der Waals surface area (Å²) < 4.78 is 32.4. The maximum absolute atomic E-state index is 13.4. The van der Waals surface area contributed by atoms with Crippen LogP contribution in [0.2, 0.25) is 0 Å². The lowest BCUT2D eigenvalue weighted by Crippen LogP contribution is -2.11. The number of benzene rings is 1. The van der Waals surface area contributed by atoms with E-state index in [0.29, 0.717) is 11.6 Å². The van der Waals surface area contributed by atoms with Crippen LogP contribution >= 0.6 is 0 Å². The summed E-state index contributed by atoms with van der Waals surface area (Å²) in [7, 11) is 0. The zero-order valence-corrected chi connectivity index (χ0v) is 11.0. The quantitative estimate of drug-likeness (QED) is 0.652. The fraction of sp³-hybridized carbons (Fsp3) is 0.214. The molecule has 0 atom stereocenters. The van der Waals surface area contributed by atoms with Crippen molar-refractivity contribution in [3.63, 3.8) is 0 Å². The van der Waals surface area contributed by atoms with Gasteiger partial charge in [0, 0.05) is 23.7 Å². The van der Waals surface area contributed by atoms with Crippen molar-refractivity contribution in [1.82, 2.24) is 4.98 Å². The van der Waals surface area contributed by atoms with Gasteiger partial charge in [-0.05, 0) is 25.1 Å². The average Bonchev–Trinajstić information content (AvgIpc) is 2.44. The molecule has 2 aromatic rings. The zero-order valence-electron chi connectivity index (χ0n) is 11.0. The molecule has 0 unspecified atom stereocenters. The maximum atomic E-state index is 13.4. The Kier molecular flexibility index (Phi) is 4.47. The molecule has 1 aromatic carbocycles. The van der Waals surface area contributed by atoms with E-state index >= 15 is 0 Å². The van der Waals surface area contributed by atoms with Crippen LogP contribution in [0.15, 0.2) is 30.5 Å². The molecule has 3 N–H and O–H groups in total. The normalized spacial score (nSPS) is 10.4. The van der Waals surface area contributed by atoms with Gasteiger partial charge in [-0.1, -0.05) is 6.07 Å². The molecule has 0 spiro atoms. The van der Waals surface area contributed by atoms with E-state index in [2.05, 4.69) is 10.4 Å². The van der Waals surface area contributed by atoms with Crippen molar-refractivity contribution >= 4 is 5.82 Å². The first kappa shape index (κ1) is 14.2. The third-order valence-corrected chi connectivity index (χ3v) is 2.96. The monoisotopic (exact) mass is 279 g/mol. The number of hydrogen-bond donors (Lipinski definition) is 2. The number of nitrogens with two attached hydrogens (primary N) is 1. The Labute approximate surface area is 115 Å². The number of nitrogens with zero attached hydrogens (tertiary/aromatic N) is 1. The number of hydrogen-bond acceptors (Lipinski definition) is 4. The molecule has 0 radical (unpaired) electrons. The number of anilines is 1. The molecule has 0 saturated heterocycles. The summed E-state index contributed by atoms with van der Waals surface area (Å²) in [6.07, 6.45) is 1.69. The molecule has 4 nitrogen and oxygen atoms in total.